The van der Waals surface area contributed by atoms with Gasteiger partial charge in [0.25, 0.3) is 0 Å². The number of carbonyl (C=O) groups is 2. The first-order chi connectivity index (χ1) is 15.8. The second kappa shape index (κ2) is 9.37. The topological polar surface area (TPSA) is 115 Å². The number of hydrogen-bond acceptors (Lipinski definition) is 6. The van der Waals surface area contributed by atoms with Crippen LogP contribution in [0.3, 0.4) is 0 Å². The molecule has 3 rings (SSSR count). The Morgan fingerprint density at radius 2 is 1.59 bits per heavy atom. The van der Waals surface area contributed by atoms with Crippen LogP contribution in [0.2, 0.25) is 0 Å². The molecule has 0 amide bonds. The maximum absolute atomic E-state index is 11.7. The van der Waals surface area contributed by atoms with Gasteiger partial charge in [0, 0.05) is 11.5 Å². The van der Waals surface area contributed by atoms with Crippen molar-refractivity contribution in [2.24, 2.45) is 29.1 Å². The van der Waals surface area contributed by atoms with Crippen molar-refractivity contribution < 1.29 is 30.0 Å². The van der Waals surface area contributed by atoms with E-state index in [0.29, 0.717) is 24.9 Å². The fourth-order valence-corrected chi connectivity index (χ4v) is 6.66. The Bertz CT molecular complexity index is 951. The quantitative estimate of drug-likeness (QED) is 0.298. The summed E-state index contributed by atoms with van der Waals surface area (Å²) in [4.78, 5) is 23.4. The average molecular weight is 473 g/mol. The number of hydrogen-bond donors (Lipinski definition) is 4. The van der Waals surface area contributed by atoms with Crippen molar-refractivity contribution in [3.05, 3.63) is 28.3 Å². The lowest BCUT2D eigenvalue weighted by molar-refractivity contribution is 0.00965. The number of aromatic hydroxyl groups is 3. The number of rotatable bonds is 7. The summed E-state index contributed by atoms with van der Waals surface area (Å²) in [5.41, 5.74) is -0.276. The first-order valence-corrected chi connectivity index (χ1v) is 12.4. The van der Waals surface area contributed by atoms with Crippen molar-refractivity contribution in [1.82, 2.24) is 0 Å². The normalized spacial score (nSPS) is 28.2. The molecule has 6 heteroatoms. The number of carbonyl (C=O) groups excluding carboxylic acids is 2. The van der Waals surface area contributed by atoms with Gasteiger partial charge in [0.2, 0.25) is 0 Å². The lowest BCUT2D eigenvalue weighted by Gasteiger charge is -2.53. The molecular formula is C28H40O6. The summed E-state index contributed by atoms with van der Waals surface area (Å²) in [6, 6.07) is 0. The van der Waals surface area contributed by atoms with Gasteiger partial charge in [-0.15, -0.1) is 0 Å². The molecule has 0 radical (unpaired) electrons. The first kappa shape index (κ1) is 26.3. The molecule has 1 saturated carbocycles. The fourth-order valence-electron chi connectivity index (χ4n) is 6.66. The standard InChI is InChI=1S/C28H40O6/c1-15(2)11-18(23-25(32)19(13-29)24(31)20(14-30)26(23)33)21-8-7-16(3)22-12-17(27(4,5)34)9-10-28(21,22)6/h12-18,21,31-34H,7-11H2,1-6H3/t16-,17+,18+,21-,28-/m0/s1. The molecule has 34 heavy (non-hydrogen) atoms. The monoisotopic (exact) mass is 472 g/mol. The molecule has 0 aliphatic heterocycles. The van der Waals surface area contributed by atoms with E-state index in [1.54, 1.807) is 0 Å². The molecule has 0 aromatic heterocycles. The van der Waals surface area contributed by atoms with Crippen molar-refractivity contribution in [2.75, 3.05) is 0 Å². The molecule has 0 heterocycles. The Balaban J connectivity index is 2.23. The predicted octanol–water partition coefficient (Wildman–Crippen LogP) is 5.72. The van der Waals surface area contributed by atoms with Crippen LogP contribution in [0, 0.1) is 29.1 Å². The smallest absolute Gasteiger partial charge is 0.157 e. The second-order valence-corrected chi connectivity index (χ2v) is 11.7. The summed E-state index contributed by atoms with van der Waals surface area (Å²) < 4.78 is 0. The number of phenols is 3. The van der Waals surface area contributed by atoms with Crippen LogP contribution >= 0.6 is 0 Å². The van der Waals surface area contributed by atoms with E-state index in [0.717, 1.165) is 25.7 Å². The summed E-state index contributed by atoms with van der Waals surface area (Å²) in [7, 11) is 0. The van der Waals surface area contributed by atoms with Crippen molar-refractivity contribution in [3.8, 4) is 17.2 Å². The maximum Gasteiger partial charge on any atom is 0.157 e. The van der Waals surface area contributed by atoms with E-state index in [4.69, 9.17) is 0 Å². The van der Waals surface area contributed by atoms with E-state index in [1.807, 2.05) is 13.8 Å². The zero-order valence-corrected chi connectivity index (χ0v) is 21.3. The largest absolute Gasteiger partial charge is 0.507 e. The minimum atomic E-state index is -0.816. The van der Waals surface area contributed by atoms with Gasteiger partial charge in [-0.2, -0.15) is 0 Å². The molecule has 2 aliphatic carbocycles. The van der Waals surface area contributed by atoms with Gasteiger partial charge >= 0.3 is 0 Å². The van der Waals surface area contributed by atoms with E-state index in [2.05, 4.69) is 33.8 Å². The highest BCUT2D eigenvalue weighted by atomic mass is 16.3. The molecule has 0 spiro atoms. The molecular weight excluding hydrogens is 432 g/mol. The highest BCUT2D eigenvalue weighted by Crippen LogP contribution is 2.61. The number of aliphatic hydroxyl groups is 1. The Labute approximate surface area is 202 Å². The lowest BCUT2D eigenvalue weighted by Crippen LogP contribution is -2.45. The Hall–Kier alpha value is -2.34. The van der Waals surface area contributed by atoms with Crippen molar-refractivity contribution in [2.45, 2.75) is 85.2 Å². The van der Waals surface area contributed by atoms with Gasteiger partial charge in [-0.3, -0.25) is 9.59 Å². The van der Waals surface area contributed by atoms with Gasteiger partial charge in [0.15, 0.2) is 12.6 Å². The summed E-state index contributed by atoms with van der Waals surface area (Å²) in [6.45, 7) is 12.3. The van der Waals surface area contributed by atoms with Gasteiger partial charge < -0.3 is 20.4 Å². The summed E-state index contributed by atoms with van der Waals surface area (Å²) in [6.07, 6.45) is 7.03. The molecule has 6 nitrogen and oxygen atoms in total. The van der Waals surface area contributed by atoms with Gasteiger partial charge in [-0.1, -0.05) is 39.3 Å². The van der Waals surface area contributed by atoms with Crippen LogP contribution in [-0.2, 0) is 0 Å². The Kier molecular flexibility index (Phi) is 7.24. The molecule has 5 atom stereocenters. The van der Waals surface area contributed by atoms with Crippen LogP contribution in [0.1, 0.15) is 106 Å². The van der Waals surface area contributed by atoms with E-state index in [9.17, 15) is 30.0 Å². The zero-order chi connectivity index (χ0) is 25.6. The van der Waals surface area contributed by atoms with E-state index >= 15 is 0 Å². The molecule has 2 aliphatic rings. The van der Waals surface area contributed by atoms with E-state index < -0.39 is 22.8 Å². The van der Waals surface area contributed by atoms with Gasteiger partial charge in [0.1, 0.15) is 17.2 Å². The minimum Gasteiger partial charge on any atom is -0.507 e. The average Bonchev–Trinajstić information content (AvgIpc) is 2.72. The molecule has 1 fully saturated rings. The third-order valence-electron chi connectivity index (χ3n) is 8.53. The third-order valence-corrected chi connectivity index (χ3v) is 8.53. The highest BCUT2D eigenvalue weighted by Gasteiger charge is 2.50. The molecule has 1 aromatic rings. The van der Waals surface area contributed by atoms with Gasteiger partial charge in [-0.05, 0) is 75.0 Å². The zero-order valence-electron chi connectivity index (χ0n) is 21.3. The molecule has 0 unspecified atom stereocenters. The first-order valence-electron chi connectivity index (χ1n) is 12.4. The fraction of sp³-hybridized carbons (Fsp3) is 0.643. The highest BCUT2D eigenvalue weighted by molar-refractivity contribution is 5.95. The molecule has 0 bridgehead atoms. The molecule has 0 saturated heterocycles. The maximum atomic E-state index is 11.7. The van der Waals surface area contributed by atoms with Gasteiger partial charge in [0.05, 0.1) is 16.7 Å². The predicted molar refractivity (Wildman–Crippen MR) is 132 cm³/mol. The van der Waals surface area contributed by atoms with E-state index in [-0.39, 0.29) is 45.8 Å². The van der Waals surface area contributed by atoms with Gasteiger partial charge in [-0.25, -0.2) is 0 Å². The summed E-state index contributed by atoms with van der Waals surface area (Å²) in [5, 5.41) is 43.1. The Morgan fingerprint density at radius 3 is 2.06 bits per heavy atom. The van der Waals surface area contributed by atoms with Crippen molar-refractivity contribution in [1.29, 1.82) is 0 Å². The number of aldehydes is 2. The number of phenolic OH excluding ortho intramolecular Hbond substituents is 3. The number of allylic oxidation sites excluding steroid dienone is 1. The van der Waals surface area contributed by atoms with Crippen LogP contribution in [0.4, 0.5) is 0 Å². The van der Waals surface area contributed by atoms with Crippen molar-refractivity contribution >= 4 is 12.6 Å². The van der Waals surface area contributed by atoms with Crippen molar-refractivity contribution in [3.63, 3.8) is 0 Å². The molecule has 4 N–H and O–H groups in total. The second-order valence-electron chi connectivity index (χ2n) is 11.7. The molecule has 1 aromatic carbocycles. The summed E-state index contributed by atoms with van der Waals surface area (Å²) >= 11 is 0. The van der Waals surface area contributed by atoms with Crippen LogP contribution in [0.25, 0.3) is 0 Å². The van der Waals surface area contributed by atoms with Crippen LogP contribution in [0.5, 0.6) is 17.2 Å². The molecule has 188 valence electrons. The van der Waals surface area contributed by atoms with Crippen LogP contribution < -0.4 is 0 Å². The van der Waals surface area contributed by atoms with E-state index in [1.165, 1.54) is 5.57 Å². The lowest BCUT2D eigenvalue weighted by atomic mass is 9.51. The number of fused-ring (bicyclic) bond motifs is 1. The number of benzene rings is 1. The van der Waals surface area contributed by atoms with Crippen LogP contribution in [0.15, 0.2) is 11.6 Å². The minimum absolute atomic E-state index is 0.0421. The SMILES string of the molecule is CC(C)C[C@@H](c1c(O)c(C=O)c(O)c(C=O)c1O)[C@@H]1CC[C@H](C)C2=C[C@H](C(C)(C)O)CC[C@]21C. The third kappa shape index (κ3) is 4.37. The summed E-state index contributed by atoms with van der Waals surface area (Å²) in [5.74, 6) is -1.23. The Morgan fingerprint density at radius 1 is 1.03 bits per heavy atom. The van der Waals surface area contributed by atoms with Crippen LogP contribution in [-0.4, -0.2) is 38.6 Å².